The third-order valence-electron chi connectivity index (χ3n) is 5.21. The number of hydrogen-bond acceptors (Lipinski definition) is 4. The lowest BCUT2D eigenvalue weighted by Crippen LogP contribution is -2.37. The van der Waals surface area contributed by atoms with Gasteiger partial charge >= 0.3 is 0 Å². The third-order valence-corrected chi connectivity index (χ3v) is 6.51. The first-order valence-electron chi connectivity index (χ1n) is 9.89. The van der Waals surface area contributed by atoms with Gasteiger partial charge in [0.1, 0.15) is 5.69 Å². The average molecular weight is 425 g/mol. The van der Waals surface area contributed by atoms with E-state index in [-0.39, 0.29) is 5.91 Å². The molecule has 1 aliphatic rings. The molecule has 0 spiro atoms. The van der Waals surface area contributed by atoms with Crippen molar-refractivity contribution in [2.45, 2.75) is 6.42 Å². The molecule has 2 heterocycles. The SMILES string of the molecule is CS(=O)(=O)N1CCCN(C(=O)c2cc(-c3ccccc3)nn2-c2ccccc2)CC1. The van der Waals surface area contributed by atoms with Crippen LogP contribution in [0.5, 0.6) is 0 Å². The van der Waals surface area contributed by atoms with Crippen LogP contribution in [0.4, 0.5) is 0 Å². The normalized spacial score (nSPS) is 15.7. The first-order chi connectivity index (χ1) is 14.4. The second-order valence-corrected chi connectivity index (χ2v) is 9.32. The molecule has 1 fully saturated rings. The molecule has 1 saturated heterocycles. The summed E-state index contributed by atoms with van der Waals surface area (Å²) in [5.41, 5.74) is 2.92. The van der Waals surface area contributed by atoms with E-state index in [4.69, 9.17) is 5.10 Å². The first-order valence-corrected chi connectivity index (χ1v) is 11.7. The van der Waals surface area contributed by atoms with Gasteiger partial charge in [-0.25, -0.2) is 17.4 Å². The second kappa shape index (κ2) is 8.41. The Morgan fingerprint density at radius 2 is 1.57 bits per heavy atom. The van der Waals surface area contributed by atoms with Crippen molar-refractivity contribution in [3.8, 4) is 16.9 Å². The molecule has 4 rings (SSSR count). The van der Waals surface area contributed by atoms with Gasteiger partial charge in [-0.05, 0) is 24.6 Å². The van der Waals surface area contributed by atoms with Crippen LogP contribution in [0.1, 0.15) is 16.9 Å². The van der Waals surface area contributed by atoms with Crippen LogP contribution in [0.15, 0.2) is 66.7 Å². The molecule has 8 heteroatoms. The van der Waals surface area contributed by atoms with Gasteiger partial charge in [-0.1, -0.05) is 48.5 Å². The number of aromatic nitrogens is 2. The fourth-order valence-corrected chi connectivity index (χ4v) is 4.51. The minimum atomic E-state index is -3.27. The summed E-state index contributed by atoms with van der Waals surface area (Å²) in [6.45, 7) is 1.59. The number of para-hydroxylation sites is 1. The van der Waals surface area contributed by atoms with Crippen molar-refractivity contribution in [2.24, 2.45) is 0 Å². The number of carbonyl (C=O) groups excluding carboxylic acids is 1. The largest absolute Gasteiger partial charge is 0.336 e. The van der Waals surface area contributed by atoms with Crippen LogP contribution in [0, 0.1) is 0 Å². The van der Waals surface area contributed by atoms with Gasteiger partial charge in [0.2, 0.25) is 10.0 Å². The molecule has 1 aromatic heterocycles. The summed E-state index contributed by atoms with van der Waals surface area (Å²) in [4.78, 5) is 15.2. The van der Waals surface area contributed by atoms with Gasteiger partial charge in [0.15, 0.2) is 0 Å². The Hall–Kier alpha value is -2.97. The molecule has 1 aliphatic heterocycles. The lowest BCUT2D eigenvalue weighted by atomic mass is 10.1. The first kappa shape index (κ1) is 20.3. The Bertz CT molecular complexity index is 1130. The Morgan fingerprint density at radius 3 is 2.23 bits per heavy atom. The number of rotatable bonds is 4. The molecule has 0 radical (unpaired) electrons. The molecule has 3 aromatic rings. The molecule has 0 N–H and O–H groups in total. The fraction of sp³-hybridized carbons (Fsp3) is 0.273. The zero-order valence-electron chi connectivity index (χ0n) is 16.8. The highest BCUT2D eigenvalue weighted by Crippen LogP contribution is 2.23. The molecule has 0 atom stereocenters. The van der Waals surface area contributed by atoms with E-state index in [1.165, 1.54) is 10.6 Å². The zero-order chi connectivity index (χ0) is 21.1. The summed E-state index contributed by atoms with van der Waals surface area (Å²) in [6, 6.07) is 21.1. The summed E-state index contributed by atoms with van der Waals surface area (Å²) in [7, 11) is -3.27. The standard InChI is InChI=1S/C22H24N4O3S/c1-30(28,29)25-14-8-13-24(15-16-25)22(27)21-17-20(18-9-4-2-5-10-18)23-26(21)19-11-6-3-7-12-19/h2-7,9-12,17H,8,13-16H2,1H3. The zero-order valence-corrected chi connectivity index (χ0v) is 17.6. The van der Waals surface area contributed by atoms with Crippen molar-refractivity contribution >= 4 is 15.9 Å². The molecule has 0 aliphatic carbocycles. The van der Waals surface area contributed by atoms with Crippen molar-refractivity contribution in [2.75, 3.05) is 32.4 Å². The van der Waals surface area contributed by atoms with E-state index in [2.05, 4.69) is 0 Å². The van der Waals surface area contributed by atoms with E-state index >= 15 is 0 Å². The van der Waals surface area contributed by atoms with Gasteiger partial charge in [-0.15, -0.1) is 0 Å². The summed E-state index contributed by atoms with van der Waals surface area (Å²) in [5, 5.41) is 4.71. The Balaban J connectivity index is 1.69. The summed E-state index contributed by atoms with van der Waals surface area (Å²) in [6.07, 6.45) is 1.81. The molecule has 0 saturated carbocycles. The van der Waals surface area contributed by atoms with Gasteiger partial charge in [0.05, 0.1) is 17.6 Å². The van der Waals surface area contributed by atoms with E-state index in [1.807, 2.05) is 66.7 Å². The van der Waals surface area contributed by atoms with Crippen molar-refractivity contribution in [1.82, 2.24) is 19.0 Å². The lowest BCUT2D eigenvalue weighted by Gasteiger charge is -2.21. The molecule has 30 heavy (non-hydrogen) atoms. The molecule has 2 aromatic carbocycles. The van der Waals surface area contributed by atoms with Gasteiger partial charge in [-0.3, -0.25) is 4.79 Å². The second-order valence-electron chi connectivity index (χ2n) is 7.34. The molecule has 0 unspecified atom stereocenters. The highest BCUT2D eigenvalue weighted by atomic mass is 32.2. The van der Waals surface area contributed by atoms with Crippen LogP contribution in [0.3, 0.4) is 0 Å². The monoisotopic (exact) mass is 424 g/mol. The maximum absolute atomic E-state index is 13.4. The number of nitrogens with zero attached hydrogens (tertiary/aromatic N) is 4. The number of sulfonamides is 1. The van der Waals surface area contributed by atoms with Crippen LogP contribution in [-0.4, -0.2) is 65.7 Å². The van der Waals surface area contributed by atoms with E-state index < -0.39 is 10.0 Å². The van der Waals surface area contributed by atoms with Crippen molar-refractivity contribution < 1.29 is 13.2 Å². The molecular weight excluding hydrogens is 400 g/mol. The average Bonchev–Trinajstić information content (AvgIpc) is 3.04. The van der Waals surface area contributed by atoms with Crippen molar-refractivity contribution in [3.05, 3.63) is 72.4 Å². The molecule has 1 amide bonds. The van der Waals surface area contributed by atoms with E-state index in [0.717, 1.165) is 16.9 Å². The van der Waals surface area contributed by atoms with E-state index in [9.17, 15) is 13.2 Å². The van der Waals surface area contributed by atoms with Crippen molar-refractivity contribution in [1.29, 1.82) is 0 Å². The van der Waals surface area contributed by atoms with Crippen LogP contribution in [-0.2, 0) is 10.0 Å². The molecule has 0 bridgehead atoms. The number of amides is 1. The van der Waals surface area contributed by atoms with Crippen LogP contribution < -0.4 is 0 Å². The van der Waals surface area contributed by atoms with E-state index in [0.29, 0.717) is 38.3 Å². The Labute approximate surface area is 176 Å². The van der Waals surface area contributed by atoms with E-state index in [1.54, 1.807) is 9.58 Å². The minimum absolute atomic E-state index is 0.149. The minimum Gasteiger partial charge on any atom is -0.336 e. The van der Waals surface area contributed by atoms with Gasteiger partial charge in [0, 0.05) is 31.7 Å². The third kappa shape index (κ3) is 4.29. The summed E-state index contributed by atoms with van der Waals surface area (Å²) in [5.74, 6) is -0.149. The smallest absolute Gasteiger partial charge is 0.272 e. The maximum Gasteiger partial charge on any atom is 0.272 e. The molecule has 156 valence electrons. The number of benzene rings is 2. The van der Waals surface area contributed by atoms with Crippen LogP contribution >= 0.6 is 0 Å². The summed E-state index contributed by atoms with van der Waals surface area (Å²) >= 11 is 0. The number of hydrogen-bond donors (Lipinski definition) is 0. The summed E-state index contributed by atoms with van der Waals surface area (Å²) < 4.78 is 26.9. The lowest BCUT2D eigenvalue weighted by molar-refractivity contribution is 0.0755. The highest BCUT2D eigenvalue weighted by Gasteiger charge is 2.27. The van der Waals surface area contributed by atoms with Crippen LogP contribution in [0.2, 0.25) is 0 Å². The van der Waals surface area contributed by atoms with Gasteiger partial charge in [0.25, 0.3) is 5.91 Å². The number of carbonyl (C=O) groups is 1. The predicted molar refractivity (Wildman–Crippen MR) is 116 cm³/mol. The molecular formula is C22H24N4O3S. The predicted octanol–water partition coefficient (Wildman–Crippen LogP) is 2.65. The quantitative estimate of drug-likeness (QED) is 0.645. The maximum atomic E-state index is 13.4. The fourth-order valence-electron chi connectivity index (χ4n) is 3.64. The molecule has 7 nitrogen and oxygen atoms in total. The van der Waals surface area contributed by atoms with Crippen molar-refractivity contribution in [3.63, 3.8) is 0 Å². The Kier molecular flexibility index (Phi) is 5.69. The highest BCUT2D eigenvalue weighted by molar-refractivity contribution is 7.88. The van der Waals surface area contributed by atoms with Gasteiger partial charge < -0.3 is 4.90 Å². The topological polar surface area (TPSA) is 75.5 Å². The van der Waals surface area contributed by atoms with Crippen LogP contribution in [0.25, 0.3) is 16.9 Å². The Morgan fingerprint density at radius 1 is 0.900 bits per heavy atom. The van der Waals surface area contributed by atoms with Gasteiger partial charge in [-0.2, -0.15) is 5.10 Å².